The van der Waals surface area contributed by atoms with Gasteiger partial charge >= 0.3 is 12.1 Å². The molecule has 2 aromatic rings. The number of carbonyl (C=O) groups is 2. The number of carbonyl (C=O) groups excluding carboxylic acids is 2. The number of hydrogen-bond acceptors (Lipinski definition) is 6. The molecule has 0 bridgehead atoms. The number of amides is 1. The van der Waals surface area contributed by atoms with Gasteiger partial charge in [0, 0.05) is 12.4 Å². The van der Waals surface area contributed by atoms with Crippen molar-refractivity contribution in [3.63, 3.8) is 0 Å². The van der Waals surface area contributed by atoms with Crippen LogP contribution in [-0.2, 0) is 19.2 Å². The van der Waals surface area contributed by atoms with Crippen LogP contribution in [0.5, 0.6) is 0 Å². The van der Waals surface area contributed by atoms with Crippen LogP contribution in [0.3, 0.4) is 0 Å². The van der Waals surface area contributed by atoms with Gasteiger partial charge < -0.3 is 9.47 Å². The first-order chi connectivity index (χ1) is 13.5. The molecule has 1 aromatic heterocycles. The van der Waals surface area contributed by atoms with Gasteiger partial charge in [0.25, 0.3) is 0 Å². The van der Waals surface area contributed by atoms with Crippen molar-refractivity contribution < 1.29 is 23.3 Å². The van der Waals surface area contributed by atoms with Crippen LogP contribution in [0.4, 0.5) is 4.79 Å². The Morgan fingerprint density at radius 3 is 2.21 bits per heavy atom. The highest BCUT2D eigenvalue weighted by Crippen LogP contribution is 2.27. The minimum atomic E-state index is -3.43. The first-order valence-corrected chi connectivity index (χ1v) is 10.3. The quantitative estimate of drug-likeness (QED) is 0.669. The number of hydrogen-bond donors (Lipinski definition) is 0. The molecule has 0 aliphatic heterocycles. The van der Waals surface area contributed by atoms with E-state index in [4.69, 9.17) is 4.74 Å². The lowest BCUT2D eigenvalue weighted by Gasteiger charge is -2.18. The van der Waals surface area contributed by atoms with Gasteiger partial charge in [0.05, 0.1) is 22.5 Å². The second-order valence-electron chi connectivity index (χ2n) is 7.30. The summed E-state index contributed by atoms with van der Waals surface area (Å²) in [6.07, 6.45) is 2.01. The van der Waals surface area contributed by atoms with E-state index in [9.17, 15) is 13.8 Å². The molecule has 0 saturated carbocycles. The van der Waals surface area contributed by atoms with E-state index in [1.54, 1.807) is 40.0 Å². The summed E-state index contributed by atoms with van der Waals surface area (Å²) in [7, 11) is -2.16. The first kappa shape index (κ1) is 22.3. The first-order valence-electron chi connectivity index (χ1n) is 8.76. The average Bonchev–Trinajstić information content (AvgIpc) is 2.65. The topological polar surface area (TPSA) is 94.9 Å². The van der Waals surface area contributed by atoms with E-state index >= 15 is 0 Å². The van der Waals surface area contributed by atoms with E-state index in [0.717, 1.165) is 5.57 Å². The highest BCUT2D eigenvalue weighted by molar-refractivity contribution is 7.94. The zero-order valence-electron chi connectivity index (χ0n) is 17.1. The molecule has 0 saturated heterocycles. The van der Waals surface area contributed by atoms with Crippen LogP contribution in [0.25, 0.3) is 5.57 Å². The molecule has 1 unspecified atom stereocenters. The van der Waals surface area contributed by atoms with Crippen LogP contribution < -0.4 is 0 Å². The summed E-state index contributed by atoms with van der Waals surface area (Å²) in [5, 5.41) is 0. The molecule has 154 valence electrons. The van der Waals surface area contributed by atoms with Gasteiger partial charge in [0.2, 0.25) is 0 Å². The van der Waals surface area contributed by atoms with Crippen LogP contribution in [0.2, 0.25) is 0 Å². The highest BCUT2D eigenvalue weighted by Gasteiger charge is 2.23. The van der Waals surface area contributed by atoms with Gasteiger partial charge in [-0.05, 0) is 69.2 Å². The van der Waals surface area contributed by atoms with Crippen LogP contribution in [0, 0.1) is 0 Å². The number of nitrogens with zero attached hydrogens (tertiary/aromatic N) is 2. The minimum absolute atomic E-state index is 0.231. The molecule has 29 heavy (non-hydrogen) atoms. The van der Waals surface area contributed by atoms with Crippen molar-refractivity contribution in [2.75, 3.05) is 7.11 Å². The fraction of sp³-hybridized carbons (Fsp3) is 0.286. The van der Waals surface area contributed by atoms with Gasteiger partial charge in [-0.2, -0.15) is 0 Å². The van der Waals surface area contributed by atoms with Gasteiger partial charge in [-0.3, -0.25) is 4.98 Å². The number of ether oxygens (including phenoxy) is 2. The van der Waals surface area contributed by atoms with Crippen LogP contribution in [0.1, 0.15) is 43.6 Å². The molecule has 0 radical (unpaired) electrons. The molecule has 7 nitrogen and oxygen atoms in total. The van der Waals surface area contributed by atoms with E-state index in [2.05, 4.69) is 20.7 Å². The van der Waals surface area contributed by atoms with Crippen LogP contribution in [0.15, 0.2) is 63.5 Å². The Balaban J connectivity index is 2.67. The van der Waals surface area contributed by atoms with Crippen molar-refractivity contribution in [1.82, 2.24) is 4.98 Å². The molecule has 0 N–H and O–H groups in total. The van der Waals surface area contributed by atoms with Crippen molar-refractivity contribution in [2.24, 2.45) is 4.36 Å². The standard InChI is InChI=1S/C21H24N2O5S/c1-14(2)16-11-18(13-22-12-16)29(26,23-20(25)28-21(3,4)5)17-9-7-15(8-10-17)19(24)27-6/h7-13H,1H2,2-6H3. The van der Waals surface area contributed by atoms with Gasteiger partial charge in [-0.1, -0.05) is 6.58 Å². The smallest absolute Gasteiger partial charge is 0.442 e. The van der Waals surface area contributed by atoms with Gasteiger partial charge in [0.15, 0.2) is 0 Å². The Bertz CT molecular complexity index is 1060. The maximum atomic E-state index is 14.0. The van der Waals surface area contributed by atoms with E-state index in [0.29, 0.717) is 5.56 Å². The molecular formula is C21H24N2O5S. The fourth-order valence-corrected chi connectivity index (χ4v) is 4.05. The second-order valence-corrected chi connectivity index (χ2v) is 9.48. The maximum Gasteiger partial charge on any atom is 0.442 e. The van der Waals surface area contributed by atoms with E-state index in [1.807, 2.05) is 0 Å². The Hall–Kier alpha value is -3.00. The normalized spacial score (nSPS) is 13.1. The molecule has 1 heterocycles. The fourth-order valence-electron chi connectivity index (χ4n) is 2.32. The van der Waals surface area contributed by atoms with Gasteiger partial charge in [0.1, 0.15) is 15.3 Å². The summed E-state index contributed by atoms with van der Waals surface area (Å²) in [5.41, 5.74) is 0.872. The number of pyridine rings is 1. The summed E-state index contributed by atoms with van der Waals surface area (Å²) >= 11 is 0. The molecule has 8 heteroatoms. The number of allylic oxidation sites excluding steroid dienone is 1. The molecule has 1 atom stereocenters. The van der Waals surface area contributed by atoms with Crippen molar-refractivity contribution in [3.05, 3.63) is 60.4 Å². The van der Waals surface area contributed by atoms with Gasteiger partial charge in [-0.25, -0.2) is 13.8 Å². The number of esters is 1. The molecular weight excluding hydrogens is 392 g/mol. The third-order valence-corrected chi connectivity index (χ3v) is 5.90. The second kappa shape index (κ2) is 8.57. The third kappa shape index (κ3) is 5.51. The Labute approximate surface area is 170 Å². The largest absolute Gasteiger partial charge is 0.465 e. The van der Waals surface area contributed by atoms with E-state index in [1.165, 1.54) is 37.6 Å². The minimum Gasteiger partial charge on any atom is -0.465 e. The SMILES string of the molecule is C=C(C)c1cncc(S(=O)(=NC(=O)OC(C)(C)C)c2ccc(C(=O)OC)cc2)c1. The van der Waals surface area contributed by atoms with Crippen molar-refractivity contribution in [3.8, 4) is 0 Å². The Kier molecular flexibility index (Phi) is 6.58. The maximum absolute atomic E-state index is 14.0. The van der Waals surface area contributed by atoms with Gasteiger partial charge in [-0.15, -0.1) is 4.36 Å². The van der Waals surface area contributed by atoms with Crippen LogP contribution >= 0.6 is 0 Å². The Morgan fingerprint density at radius 1 is 1.07 bits per heavy atom. The van der Waals surface area contributed by atoms with Crippen molar-refractivity contribution >= 4 is 27.4 Å². The number of aromatic nitrogens is 1. The zero-order valence-corrected chi connectivity index (χ0v) is 17.9. The molecule has 0 fully saturated rings. The molecule has 0 spiro atoms. The average molecular weight is 416 g/mol. The lowest BCUT2D eigenvalue weighted by atomic mass is 10.2. The molecule has 0 aliphatic carbocycles. The Morgan fingerprint density at radius 2 is 1.69 bits per heavy atom. The lowest BCUT2D eigenvalue weighted by Crippen LogP contribution is -2.22. The predicted octanol–water partition coefficient (Wildman–Crippen LogP) is 4.72. The zero-order chi connectivity index (χ0) is 21.8. The van der Waals surface area contributed by atoms with Crippen LogP contribution in [-0.4, -0.2) is 34.0 Å². The summed E-state index contributed by atoms with van der Waals surface area (Å²) in [6.45, 7) is 10.7. The molecule has 0 aliphatic rings. The van der Waals surface area contributed by atoms with E-state index in [-0.39, 0.29) is 15.4 Å². The lowest BCUT2D eigenvalue weighted by molar-refractivity contribution is 0.0593. The number of benzene rings is 1. The molecule has 1 aromatic carbocycles. The summed E-state index contributed by atoms with van der Waals surface area (Å²) in [5.74, 6) is -0.530. The third-order valence-electron chi connectivity index (χ3n) is 3.72. The van der Waals surface area contributed by atoms with E-state index < -0.39 is 27.4 Å². The molecule has 1 amide bonds. The summed E-state index contributed by atoms with van der Waals surface area (Å²) < 4.78 is 27.8. The summed E-state index contributed by atoms with van der Waals surface area (Å²) in [4.78, 5) is 28.6. The van der Waals surface area contributed by atoms with Crippen molar-refractivity contribution in [2.45, 2.75) is 43.1 Å². The predicted molar refractivity (Wildman–Crippen MR) is 110 cm³/mol. The monoisotopic (exact) mass is 416 g/mol. The number of rotatable bonds is 4. The highest BCUT2D eigenvalue weighted by atomic mass is 32.2. The van der Waals surface area contributed by atoms with Crippen molar-refractivity contribution in [1.29, 1.82) is 0 Å². The number of methoxy groups -OCH3 is 1. The molecule has 2 rings (SSSR count). The summed E-state index contributed by atoms with van der Waals surface area (Å²) in [6, 6.07) is 7.48.